The normalized spacial score (nSPS) is 10.2. The number of benzene rings is 2. The van der Waals surface area contributed by atoms with Crippen molar-refractivity contribution in [2.45, 2.75) is 11.4 Å². The van der Waals surface area contributed by atoms with E-state index in [-0.39, 0.29) is 5.69 Å². The number of hydrogen-bond acceptors (Lipinski definition) is 6. The molecule has 0 atom stereocenters. The Balaban J connectivity index is 2.24. The van der Waals surface area contributed by atoms with Gasteiger partial charge in [-0.2, -0.15) is 0 Å². The summed E-state index contributed by atoms with van der Waals surface area (Å²) in [4.78, 5) is 12.0. The number of methoxy groups -OCH3 is 2. The van der Waals surface area contributed by atoms with Gasteiger partial charge in [0, 0.05) is 17.5 Å². The van der Waals surface area contributed by atoms with Gasteiger partial charge in [-0.05, 0) is 24.0 Å². The number of ether oxygens (including phenoxy) is 2. The highest BCUT2D eigenvalue weighted by molar-refractivity contribution is 7.98. The van der Waals surface area contributed by atoms with Crippen LogP contribution in [0.25, 0.3) is 0 Å². The molecule has 0 amide bonds. The molecule has 0 unspecified atom stereocenters. The fraction of sp³-hybridized carbons (Fsp3) is 0.250. The van der Waals surface area contributed by atoms with Crippen molar-refractivity contribution in [2.24, 2.45) is 0 Å². The minimum absolute atomic E-state index is 0.0524. The minimum Gasteiger partial charge on any atom is -0.493 e. The fourth-order valence-electron chi connectivity index (χ4n) is 2.10. The third kappa shape index (κ3) is 4.07. The summed E-state index contributed by atoms with van der Waals surface area (Å²) in [5.41, 5.74) is 1.37. The van der Waals surface area contributed by atoms with Gasteiger partial charge in [0.1, 0.15) is 5.69 Å². The standard InChI is InChI=1S/C16H18N2O4S/c1-21-15-8-13(14(18(19)20)9-16(15)22-2)17-10-11-4-6-12(23-3)7-5-11/h4-9,17H,10H2,1-3H3. The summed E-state index contributed by atoms with van der Waals surface area (Å²) in [5.74, 6) is 0.771. The number of hydrogen-bond donors (Lipinski definition) is 1. The lowest BCUT2D eigenvalue weighted by Crippen LogP contribution is -2.04. The largest absolute Gasteiger partial charge is 0.493 e. The van der Waals surface area contributed by atoms with Crippen molar-refractivity contribution >= 4 is 23.1 Å². The van der Waals surface area contributed by atoms with Crippen LogP contribution in [0.2, 0.25) is 0 Å². The number of nitro benzene ring substituents is 1. The molecule has 0 fully saturated rings. The van der Waals surface area contributed by atoms with Gasteiger partial charge in [0.05, 0.1) is 25.2 Å². The molecule has 2 aromatic rings. The average Bonchev–Trinajstić information content (AvgIpc) is 2.59. The van der Waals surface area contributed by atoms with Gasteiger partial charge in [-0.3, -0.25) is 10.1 Å². The number of nitrogens with one attached hydrogen (secondary N) is 1. The first-order chi connectivity index (χ1) is 11.1. The number of rotatable bonds is 7. The van der Waals surface area contributed by atoms with Crippen molar-refractivity contribution in [3.63, 3.8) is 0 Å². The van der Waals surface area contributed by atoms with E-state index in [9.17, 15) is 10.1 Å². The van der Waals surface area contributed by atoms with Crippen LogP contribution < -0.4 is 14.8 Å². The van der Waals surface area contributed by atoms with E-state index >= 15 is 0 Å². The Bertz CT molecular complexity index is 689. The third-order valence-corrected chi connectivity index (χ3v) is 4.08. The molecule has 0 bridgehead atoms. The van der Waals surface area contributed by atoms with E-state index < -0.39 is 4.92 Å². The van der Waals surface area contributed by atoms with Crippen LogP contribution in [-0.4, -0.2) is 25.4 Å². The van der Waals surface area contributed by atoms with Crippen LogP contribution in [0.15, 0.2) is 41.3 Å². The highest BCUT2D eigenvalue weighted by Gasteiger charge is 2.19. The van der Waals surface area contributed by atoms with Crippen LogP contribution >= 0.6 is 11.8 Å². The monoisotopic (exact) mass is 334 g/mol. The molecule has 122 valence electrons. The molecule has 0 spiro atoms. The summed E-state index contributed by atoms with van der Waals surface area (Å²) >= 11 is 1.67. The number of nitro groups is 1. The highest BCUT2D eigenvalue weighted by atomic mass is 32.2. The van der Waals surface area contributed by atoms with Gasteiger partial charge >= 0.3 is 0 Å². The van der Waals surface area contributed by atoms with E-state index in [1.807, 2.05) is 30.5 Å². The lowest BCUT2D eigenvalue weighted by atomic mass is 10.2. The molecule has 0 aromatic heterocycles. The van der Waals surface area contributed by atoms with Gasteiger partial charge < -0.3 is 14.8 Å². The van der Waals surface area contributed by atoms with E-state index in [4.69, 9.17) is 9.47 Å². The van der Waals surface area contributed by atoms with Crippen LogP contribution in [0.4, 0.5) is 11.4 Å². The molecule has 0 aliphatic rings. The second-order valence-corrected chi connectivity index (χ2v) is 5.56. The van der Waals surface area contributed by atoms with E-state index in [1.165, 1.54) is 25.2 Å². The van der Waals surface area contributed by atoms with E-state index in [0.29, 0.717) is 23.7 Å². The Labute approximate surface area is 139 Å². The number of anilines is 1. The fourth-order valence-corrected chi connectivity index (χ4v) is 2.51. The topological polar surface area (TPSA) is 73.6 Å². The van der Waals surface area contributed by atoms with Gasteiger partial charge in [-0.1, -0.05) is 12.1 Å². The van der Waals surface area contributed by atoms with E-state index in [2.05, 4.69) is 5.32 Å². The molecule has 0 radical (unpaired) electrons. The second kappa shape index (κ2) is 7.73. The summed E-state index contributed by atoms with van der Waals surface area (Å²) in [6.45, 7) is 0.477. The maximum atomic E-state index is 11.3. The van der Waals surface area contributed by atoms with Crippen LogP contribution in [0.1, 0.15) is 5.56 Å². The van der Waals surface area contributed by atoms with Gasteiger partial charge in [0.25, 0.3) is 5.69 Å². The Morgan fingerprint density at radius 3 is 2.26 bits per heavy atom. The molecule has 1 N–H and O–H groups in total. The first-order valence-electron chi connectivity index (χ1n) is 6.86. The molecule has 23 heavy (non-hydrogen) atoms. The van der Waals surface area contributed by atoms with Crippen LogP contribution in [0.5, 0.6) is 11.5 Å². The summed E-state index contributed by atoms with van der Waals surface area (Å²) in [7, 11) is 2.94. The molecule has 6 nitrogen and oxygen atoms in total. The molecule has 0 saturated heterocycles. The highest BCUT2D eigenvalue weighted by Crippen LogP contribution is 2.37. The zero-order valence-electron chi connectivity index (χ0n) is 13.2. The van der Waals surface area contributed by atoms with Gasteiger partial charge in [-0.25, -0.2) is 0 Å². The Kier molecular flexibility index (Phi) is 5.70. The van der Waals surface area contributed by atoms with Crippen molar-refractivity contribution in [3.8, 4) is 11.5 Å². The molecule has 0 aliphatic heterocycles. The Hall–Kier alpha value is -2.41. The maximum Gasteiger partial charge on any atom is 0.296 e. The average molecular weight is 334 g/mol. The van der Waals surface area contributed by atoms with E-state index in [0.717, 1.165) is 5.56 Å². The van der Waals surface area contributed by atoms with Crippen molar-refractivity contribution < 1.29 is 14.4 Å². The summed E-state index contributed by atoms with van der Waals surface area (Å²) in [6.07, 6.45) is 2.01. The van der Waals surface area contributed by atoms with Gasteiger partial charge in [0.15, 0.2) is 11.5 Å². The van der Waals surface area contributed by atoms with Crippen LogP contribution in [0, 0.1) is 10.1 Å². The molecule has 7 heteroatoms. The van der Waals surface area contributed by atoms with Crippen molar-refractivity contribution in [2.75, 3.05) is 25.8 Å². The Morgan fingerprint density at radius 2 is 1.74 bits per heavy atom. The van der Waals surface area contributed by atoms with Gasteiger partial charge in [-0.15, -0.1) is 11.8 Å². The van der Waals surface area contributed by atoms with Crippen LogP contribution in [-0.2, 0) is 6.54 Å². The predicted octanol–water partition coefficient (Wildman–Crippen LogP) is 3.95. The van der Waals surface area contributed by atoms with Crippen molar-refractivity contribution in [1.82, 2.24) is 0 Å². The zero-order valence-corrected chi connectivity index (χ0v) is 14.0. The predicted molar refractivity (Wildman–Crippen MR) is 91.8 cm³/mol. The molecular formula is C16H18N2O4S. The summed E-state index contributed by atoms with van der Waals surface area (Å²) in [6, 6.07) is 11.0. The first-order valence-corrected chi connectivity index (χ1v) is 8.08. The second-order valence-electron chi connectivity index (χ2n) is 4.68. The molecule has 0 aliphatic carbocycles. The molecule has 0 saturated carbocycles. The van der Waals surface area contributed by atoms with Gasteiger partial charge in [0.2, 0.25) is 0 Å². The third-order valence-electron chi connectivity index (χ3n) is 3.34. The molecular weight excluding hydrogens is 316 g/mol. The minimum atomic E-state index is -0.443. The van der Waals surface area contributed by atoms with Crippen LogP contribution in [0.3, 0.4) is 0 Å². The van der Waals surface area contributed by atoms with Crippen molar-refractivity contribution in [1.29, 1.82) is 0 Å². The quantitative estimate of drug-likeness (QED) is 0.469. The lowest BCUT2D eigenvalue weighted by molar-refractivity contribution is -0.384. The zero-order chi connectivity index (χ0) is 16.8. The lowest BCUT2D eigenvalue weighted by Gasteiger charge is -2.12. The molecule has 2 aromatic carbocycles. The smallest absolute Gasteiger partial charge is 0.296 e. The van der Waals surface area contributed by atoms with E-state index in [1.54, 1.807) is 17.8 Å². The number of nitrogens with zero attached hydrogens (tertiary/aromatic N) is 1. The SMILES string of the molecule is COc1cc(NCc2ccc(SC)cc2)c([N+](=O)[O-])cc1OC. The summed E-state index contributed by atoms with van der Waals surface area (Å²) < 4.78 is 10.3. The summed E-state index contributed by atoms with van der Waals surface area (Å²) in [5, 5.41) is 14.3. The molecule has 2 rings (SSSR count). The number of thioether (sulfide) groups is 1. The molecule has 0 heterocycles. The Morgan fingerprint density at radius 1 is 1.13 bits per heavy atom. The maximum absolute atomic E-state index is 11.3. The first kappa shape index (κ1) is 17.0. The van der Waals surface area contributed by atoms with Crippen molar-refractivity contribution in [3.05, 3.63) is 52.1 Å².